The van der Waals surface area contributed by atoms with E-state index in [2.05, 4.69) is 34.9 Å². The number of hydrogen-bond donors (Lipinski definition) is 2. The lowest BCUT2D eigenvalue weighted by molar-refractivity contribution is -0.130. The first kappa shape index (κ1) is 18.5. The Morgan fingerprint density at radius 3 is 2.81 bits per heavy atom. The van der Waals surface area contributed by atoms with Crippen LogP contribution in [0.3, 0.4) is 0 Å². The molecular weight excluding hydrogens is 360 g/mol. The molecule has 0 saturated carbocycles. The molecule has 2 aromatic rings. The third-order valence-electron chi connectivity index (χ3n) is 5.84. The molecule has 0 bridgehead atoms. The molecular formula is C22H25ClN2O2. The van der Waals surface area contributed by atoms with Crippen LogP contribution in [-0.4, -0.2) is 32.2 Å². The van der Waals surface area contributed by atoms with Crippen molar-refractivity contribution in [2.75, 3.05) is 26.3 Å². The van der Waals surface area contributed by atoms with Gasteiger partial charge in [-0.15, -0.1) is 0 Å². The van der Waals surface area contributed by atoms with E-state index in [-0.39, 0.29) is 11.9 Å². The second-order valence-corrected chi connectivity index (χ2v) is 7.81. The first-order valence-electron chi connectivity index (χ1n) is 9.62. The quantitative estimate of drug-likeness (QED) is 0.849. The number of amides is 1. The average molecular weight is 385 g/mol. The van der Waals surface area contributed by atoms with Crippen molar-refractivity contribution in [3.8, 4) is 0 Å². The minimum absolute atomic E-state index is 0.0675. The summed E-state index contributed by atoms with van der Waals surface area (Å²) < 4.78 is 5.54. The first-order valence-corrected chi connectivity index (χ1v) is 10.0. The number of halogens is 1. The van der Waals surface area contributed by atoms with Crippen molar-refractivity contribution in [2.45, 2.75) is 30.7 Å². The van der Waals surface area contributed by atoms with Gasteiger partial charge < -0.3 is 15.4 Å². The molecule has 0 radical (unpaired) electrons. The third-order valence-corrected chi connectivity index (χ3v) is 6.08. The minimum atomic E-state index is -0.572. The van der Waals surface area contributed by atoms with E-state index in [0.29, 0.717) is 37.6 Å². The molecule has 142 valence electrons. The van der Waals surface area contributed by atoms with Gasteiger partial charge in [0.15, 0.2) is 0 Å². The molecule has 2 aliphatic heterocycles. The summed E-state index contributed by atoms with van der Waals surface area (Å²) in [7, 11) is 0. The van der Waals surface area contributed by atoms with E-state index in [4.69, 9.17) is 16.3 Å². The number of benzene rings is 2. The van der Waals surface area contributed by atoms with Gasteiger partial charge in [0.2, 0.25) is 5.91 Å². The molecule has 2 aromatic carbocycles. The lowest BCUT2D eigenvalue weighted by Crippen LogP contribution is -2.50. The van der Waals surface area contributed by atoms with Crippen molar-refractivity contribution in [2.24, 2.45) is 0 Å². The van der Waals surface area contributed by atoms with Crippen LogP contribution in [0.25, 0.3) is 0 Å². The lowest BCUT2D eigenvalue weighted by Gasteiger charge is -2.37. The van der Waals surface area contributed by atoms with Gasteiger partial charge in [0.1, 0.15) is 0 Å². The van der Waals surface area contributed by atoms with Crippen LogP contribution in [0.15, 0.2) is 48.5 Å². The molecule has 2 N–H and O–H groups in total. The van der Waals surface area contributed by atoms with E-state index >= 15 is 0 Å². The van der Waals surface area contributed by atoms with Gasteiger partial charge >= 0.3 is 0 Å². The van der Waals surface area contributed by atoms with Crippen LogP contribution in [0.4, 0.5) is 0 Å². The fourth-order valence-corrected chi connectivity index (χ4v) is 4.48. The summed E-state index contributed by atoms with van der Waals surface area (Å²) in [6.45, 7) is 2.69. The van der Waals surface area contributed by atoms with Gasteiger partial charge in [0.05, 0.1) is 5.41 Å². The maximum Gasteiger partial charge on any atom is 0.230 e. The molecule has 1 atom stereocenters. The number of fused-ring (bicyclic) bond motifs is 1. The molecule has 1 unspecified atom stereocenters. The molecule has 4 rings (SSSR count). The summed E-state index contributed by atoms with van der Waals surface area (Å²) in [5.74, 6) is 0.0675. The van der Waals surface area contributed by atoms with Crippen LogP contribution >= 0.6 is 11.6 Å². The molecule has 4 nitrogen and oxygen atoms in total. The summed E-state index contributed by atoms with van der Waals surface area (Å²) in [6.07, 6.45) is 2.38. The Hall–Kier alpha value is -1.88. The van der Waals surface area contributed by atoms with Gasteiger partial charge in [-0.25, -0.2) is 0 Å². The van der Waals surface area contributed by atoms with Crippen molar-refractivity contribution in [1.29, 1.82) is 0 Å². The third kappa shape index (κ3) is 3.75. The zero-order chi connectivity index (χ0) is 18.7. The van der Waals surface area contributed by atoms with Crippen LogP contribution in [0.2, 0.25) is 5.02 Å². The van der Waals surface area contributed by atoms with E-state index in [1.165, 1.54) is 11.1 Å². The smallest absolute Gasteiger partial charge is 0.230 e. The highest BCUT2D eigenvalue weighted by Gasteiger charge is 2.42. The van der Waals surface area contributed by atoms with Crippen molar-refractivity contribution in [1.82, 2.24) is 10.6 Å². The van der Waals surface area contributed by atoms with Crippen LogP contribution in [0.1, 0.15) is 35.6 Å². The highest BCUT2D eigenvalue weighted by Crippen LogP contribution is 2.36. The normalized spacial score (nSPS) is 21.3. The Balaban J connectivity index is 1.53. The molecule has 1 saturated heterocycles. The monoisotopic (exact) mass is 384 g/mol. The molecule has 2 heterocycles. The first-order chi connectivity index (χ1) is 13.2. The van der Waals surface area contributed by atoms with Gasteiger partial charge in [0, 0.05) is 30.8 Å². The Labute approximate surface area is 165 Å². The van der Waals surface area contributed by atoms with Crippen LogP contribution < -0.4 is 10.6 Å². The molecule has 1 amide bonds. The molecule has 0 spiro atoms. The summed E-state index contributed by atoms with van der Waals surface area (Å²) in [5.41, 5.74) is 3.06. The number of carbonyl (C=O) groups excluding carboxylic acids is 1. The molecule has 5 heteroatoms. The van der Waals surface area contributed by atoms with E-state index in [1.807, 2.05) is 24.3 Å². The highest BCUT2D eigenvalue weighted by molar-refractivity contribution is 6.30. The predicted octanol–water partition coefficient (Wildman–Crippen LogP) is 3.39. The Bertz CT molecular complexity index is 817. The van der Waals surface area contributed by atoms with Crippen molar-refractivity contribution in [3.05, 3.63) is 70.2 Å². The predicted molar refractivity (Wildman–Crippen MR) is 107 cm³/mol. The maximum absolute atomic E-state index is 13.3. The SMILES string of the molecule is O=C(NCC1NCCc2ccccc21)C1(c2cccc(Cl)c2)CCOCC1. The molecule has 2 aliphatic rings. The molecule has 0 aromatic heterocycles. The van der Waals surface area contributed by atoms with Gasteiger partial charge in [-0.2, -0.15) is 0 Å². The molecule has 1 fully saturated rings. The van der Waals surface area contributed by atoms with Crippen LogP contribution in [-0.2, 0) is 21.4 Å². The number of rotatable bonds is 4. The fraction of sp³-hybridized carbons (Fsp3) is 0.409. The Morgan fingerprint density at radius 1 is 1.19 bits per heavy atom. The number of carbonyl (C=O) groups is 1. The van der Waals surface area contributed by atoms with Gasteiger partial charge in [-0.1, -0.05) is 48.0 Å². The zero-order valence-corrected chi connectivity index (χ0v) is 16.1. The van der Waals surface area contributed by atoms with Gasteiger partial charge in [-0.05, 0) is 54.6 Å². The number of ether oxygens (including phenoxy) is 1. The molecule has 27 heavy (non-hydrogen) atoms. The number of hydrogen-bond acceptors (Lipinski definition) is 3. The second kappa shape index (κ2) is 8.01. The summed E-state index contributed by atoms with van der Waals surface area (Å²) in [5, 5.41) is 7.42. The van der Waals surface area contributed by atoms with Crippen LogP contribution in [0.5, 0.6) is 0 Å². The minimum Gasteiger partial charge on any atom is -0.381 e. The fourth-order valence-electron chi connectivity index (χ4n) is 4.29. The van der Waals surface area contributed by atoms with E-state index in [0.717, 1.165) is 18.5 Å². The molecule has 0 aliphatic carbocycles. The lowest BCUT2D eigenvalue weighted by atomic mass is 9.73. The maximum atomic E-state index is 13.3. The van der Waals surface area contributed by atoms with Crippen molar-refractivity contribution < 1.29 is 9.53 Å². The second-order valence-electron chi connectivity index (χ2n) is 7.37. The van der Waals surface area contributed by atoms with Gasteiger partial charge in [0.25, 0.3) is 0 Å². The zero-order valence-electron chi connectivity index (χ0n) is 15.3. The Morgan fingerprint density at radius 2 is 2.00 bits per heavy atom. The summed E-state index contributed by atoms with van der Waals surface area (Å²) >= 11 is 6.21. The number of nitrogens with one attached hydrogen (secondary N) is 2. The largest absolute Gasteiger partial charge is 0.381 e. The highest BCUT2D eigenvalue weighted by atomic mass is 35.5. The van der Waals surface area contributed by atoms with Crippen molar-refractivity contribution >= 4 is 17.5 Å². The van der Waals surface area contributed by atoms with Crippen molar-refractivity contribution in [3.63, 3.8) is 0 Å². The average Bonchev–Trinajstić information content (AvgIpc) is 2.72. The standard InChI is InChI=1S/C22H25ClN2O2/c23-18-6-3-5-17(14-18)22(9-12-27-13-10-22)21(26)25-15-20-19-7-2-1-4-16(19)8-11-24-20/h1-7,14,20,24H,8-13,15H2,(H,25,26). The van der Waals surface area contributed by atoms with E-state index in [1.54, 1.807) is 0 Å². The van der Waals surface area contributed by atoms with E-state index < -0.39 is 5.41 Å². The van der Waals surface area contributed by atoms with Gasteiger partial charge in [-0.3, -0.25) is 4.79 Å². The summed E-state index contributed by atoms with van der Waals surface area (Å²) in [4.78, 5) is 13.3. The summed E-state index contributed by atoms with van der Waals surface area (Å²) in [6, 6.07) is 16.3. The van der Waals surface area contributed by atoms with Crippen LogP contribution in [0, 0.1) is 0 Å². The Kier molecular flexibility index (Phi) is 5.48. The van der Waals surface area contributed by atoms with E-state index in [9.17, 15) is 4.79 Å². The topological polar surface area (TPSA) is 50.4 Å².